The number of benzene rings is 1. The van der Waals surface area contributed by atoms with Gasteiger partial charge in [0, 0.05) is 35.1 Å². The van der Waals surface area contributed by atoms with Crippen LogP contribution in [-0.2, 0) is 11.3 Å². The number of pyridine rings is 2. The van der Waals surface area contributed by atoms with Gasteiger partial charge in [-0.05, 0) is 42.0 Å². The predicted octanol–water partition coefficient (Wildman–Crippen LogP) is 4.66. The van der Waals surface area contributed by atoms with Crippen molar-refractivity contribution in [3.8, 4) is 5.75 Å². The smallest absolute Gasteiger partial charge is 0.290 e. The van der Waals surface area contributed by atoms with Crippen LogP contribution in [0, 0.1) is 0 Å². The highest BCUT2D eigenvalue weighted by molar-refractivity contribution is 6.31. The lowest BCUT2D eigenvalue weighted by molar-refractivity contribution is -0.130. The first-order valence-electron chi connectivity index (χ1n) is 10.3. The van der Waals surface area contributed by atoms with Crippen LogP contribution in [0.4, 0.5) is 0 Å². The molecule has 1 amide bonds. The number of fused-ring (bicyclic) bond motifs is 1. The first-order valence-corrected chi connectivity index (χ1v) is 10.7. The second kappa shape index (κ2) is 8.64. The standard InChI is InChI=1S/C25H18ClN3O5/c1-33-19-12-16(26)10-15-11-18(34-24(15)19)22(30)20-21(14-5-8-27-9-6-14)29(25(32)23(20)31)13-17-4-2-3-7-28-17/h2-12,21,31H,13H2,1H3. The Labute approximate surface area is 199 Å². The van der Waals surface area contributed by atoms with E-state index >= 15 is 0 Å². The van der Waals surface area contributed by atoms with Crippen molar-refractivity contribution in [2.75, 3.05) is 7.11 Å². The summed E-state index contributed by atoms with van der Waals surface area (Å²) >= 11 is 6.14. The number of carbonyl (C=O) groups is 2. The zero-order valence-corrected chi connectivity index (χ0v) is 18.7. The lowest BCUT2D eigenvalue weighted by atomic mass is 9.95. The number of carbonyl (C=O) groups excluding carboxylic acids is 2. The van der Waals surface area contributed by atoms with E-state index < -0.39 is 23.5 Å². The summed E-state index contributed by atoms with van der Waals surface area (Å²) in [6.45, 7) is 0.0943. The van der Waals surface area contributed by atoms with E-state index in [1.54, 1.807) is 61.1 Å². The Hall–Kier alpha value is -4.17. The van der Waals surface area contributed by atoms with Gasteiger partial charge in [0.2, 0.25) is 5.78 Å². The van der Waals surface area contributed by atoms with Crippen LogP contribution in [0.3, 0.4) is 0 Å². The van der Waals surface area contributed by atoms with Crippen LogP contribution >= 0.6 is 11.6 Å². The van der Waals surface area contributed by atoms with Crippen molar-refractivity contribution in [1.29, 1.82) is 0 Å². The molecule has 0 bridgehead atoms. The molecular formula is C25H18ClN3O5. The maximum atomic E-state index is 13.6. The lowest BCUT2D eigenvalue weighted by Gasteiger charge is -2.26. The van der Waals surface area contributed by atoms with Crippen LogP contribution in [0.5, 0.6) is 5.75 Å². The summed E-state index contributed by atoms with van der Waals surface area (Å²) in [5.41, 5.74) is 1.48. The van der Waals surface area contributed by atoms with E-state index in [1.807, 2.05) is 0 Å². The summed E-state index contributed by atoms with van der Waals surface area (Å²) in [5.74, 6) is -1.61. The summed E-state index contributed by atoms with van der Waals surface area (Å²) in [4.78, 5) is 36.5. The molecule has 5 rings (SSSR count). The molecule has 3 aromatic heterocycles. The Kier molecular flexibility index (Phi) is 5.51. The molecule has 0 spiro atoms. The number of hydrogen-bond donors (Lipinski definition) is 1. The van der Waals surface area contributed by atoms with E-state index in [9.17, 15) is 14.7 Å². The second-order valence-corrected chi connectivity index (χ2v) is 8.10. The third kappa shape index (κ3) is 3.68. The van der Waals surface area contributed by atoms with Gasteiger partial charge in [-0.15, -0.1) is 0 Å². The third-order valence-electron chi connectivity index (χ3n) is 5.62. The van der Waals surface area contributed by atoms with Gasteiger partial charge >= 0.3 is 0 Å². The maximum Gasteiger partial charge on any atom is 0.290 e. The molecule has 1 unspecified atom stereocenters. The fourth-order valence-corrected chi connectivity index (χ4v) is 4.31. The van der Waals surface area contributed by atoms with Gasteiger partial charge in [0.05, 0.1) is 31.0 Å². The SMILES string of the molecule is COc1cc(Cl)cc2cc(C(=O)C3=C(O)C(=O)N(Cc4ccccn4)C3c3ccncc3)oc12. The van der Waals surface area contributed by atoms with Crippen molar-refractivity contribution in [2.24, 2.45) is 0 Å². The monoisotopic (exact) mass is 475 g/mol. The molecule has 0 aliphatic carbocycles. The largest absolute Gasteiger partial charge is 0.503 e. The van der Waals surface area contributed by atoms with E-state index in [2.05, 4.69) is 9.97 Å². The number of aromatic nitrogens is 2. The number of nitrogens with zero attached hydrogens (tertiary/aromatic N) is 3. The topological polar surface area (TPSA) is 106 Å². The number of aliphatic hydroxyl groups excluding tert-OH is 1. The van der Waals surface area contributed by atoms with Crippen molar-refractivity contribution in [1.82, 2.24) is 14.9 Å². The molecule has 1 atom stereocenters. The first-order chi connectivity index (χ1) is 16.5. The highest BCUT2D eigenvalue weighted by Gasteiger charge is 2.44. The Morgan fingerprint density at radius 2 is 1.97 bits per heavy atom. The van der Waals surface area contributed by atoms with Gasteiger partial charge in [-0.25, -0.2) is 0 Å². The normalized spacial score (nSPS) is 15.9. The molecule has 170 valence electrons. The summed E-state index contributed by atoms with van der Waals surface area (Å²) in [6, 6.07) is 12.6. The minimum atomic E-state index is -0.858. The molecule has 1 aliphatic heterocycles. The van der Waals surface area contributed by atoms with Crippen molar-refractivity contribution >= 4 is 34.3 Å². The number of furan rings is 1. The highest BCUT2D eigenvalue weighted by Crippen LogP contribution is 2.41. The molecule has 4 aromatic rings. The maximum absolute atomic E-state index is 13.6. The number of amides is 1. The van der Waals surface area contributed by atoms with E-state index in [4.69, 9.17) is 20.8 Å². The van der Waals surface area contributed by atoms with Gasteiger partial charge in [-0.2, -0.15) is 0 Å². The quantitative estimate of drug-likeness (QED) is 0.404. The van der Waals surface area contributed by atoms with Gasteiger partial charge < -0.3 is 19.2 Å². The molecule has 0 fully saturated rings. The lowest BCUT2D eigenvalue weighted by Crippen LogP contribution is -2.31. The van der Waals surface area contributed by atoms with Crippen molar-refractivity contribution in [3.05, 3.63) is 100 Å². The second-order valence-electron chi connectivity index (χ2n) is 7.67. The van der Waals surface area contributed by atoms with Crippen molar-refractivity contribution in [2.45, 2.75) is 12.6 Å². The predicted molar refractivity (Wildman–Crippen MR) is 124 cm³/mol. The average molecular weight is 476 g/mol. The van der Waals surface area contributed by atoms with Crippen molar-refractivity contribution in [3.63, 3.8) is 0 Å². The van der Waals surface area contributed by atoms with Gasteiger partial charge in [0.25, 0.3) is 5.91 Å². The summed E-state index contributed by atoms with van der Waals surface area (Å²) < 4.78 is 11.1. The number of ether oxygens (including phenoxy) is 1. The number of halogens is 1. The van der Waals surface area contributed by atoms with Crippen LogP contribution in [0.2, 0.25) is 5.02 Å². The molecule has 0 radical (unpaired) electrons. The van der Waals surface area contributed by atoms with E-state index in [0.29, 0.717) is 33.0 Å². The Morgan fingerprint density at radius 1 is 1.18 bits per heavy atom. The number of Topliss-reactive ketones (excluding diaryl/α,β-unsaturated/α-hetero) is 1. The average Bonchev–Trinajstić information content (AvgIpc) is 3.39. The highest BCUT2D eigenvalue weighted by atomic mass is 35.5. The van der Waals surface area contributed by atoms with Crippen LogP contribution in [0.1, 0.15) is 27.9 Å². The Balaban J connectivity index is 1.60. The minimum Gasteiger partial charge on any atom is -0.503 e. The van der Waals surface area contributed by atoms with E-state index in [1.165, 1.54) is 18.1 Å². The Morgan fingerprint density at radius 3 is 2.68 bits per heavy atom. The third-order valence-corrected chi connectivity index (χ3v) is 5.84. The molecule has 4 heterocycles. The van der Waals surface area contributed by atoms with Gasteiger partial charge in [0.1, 0.15) is 0 Å². The number of ketones is 1. The first kappa shape index (κ1) is 21.7. The molecule has 0 saturated heterocycles. The molecule has 1 N–H and O–H groups in total. The number of hydrogen-bond acceptors (Lipinski definition) is 7. The molecular weight excluding hydrogens is 458 g/mol. The number of methoxy groups -OCH3 is 1. The van der Waals surface area contributed by atoms with Crippen LogP contribution < -0.4 is 4.74 Å². The molecule has 8 nitrogen and oxygen atoms in total. The zero-order chi connectivity index (χ0) is 23.8. The summed E-state index contributed by atoms with van der Waals surface area (Å²) in [7, 11) is 1.47. The molecule has 1 aromatic carbocycles. The van der Waals surface area contributed by atoms with E-state index in [0.717, 1.165) is 0 Å². The van der Waals surface area contributed by atoms with Gasteiger partial charge in [-0.3, -0.25) is 19.6 Å². The molecule has 9 heteroatoms. The van der Waals surface area contributed by atoms with Crippen LogP contribution in [-0.4, -0.2) is 38.8 Å². The van der Waals surface area contributed by atoms with Crippen LogP contribution in [0.25, 0.3) is 11.0 Å². The number of rotatable bonds is 6. The zero-order valence-electron chi connectivity index (χ0n) is 17.9. The van der Waals surface area contributed by atoms with Crippen molar-refractivity contribution < 1.29 is 23.8 Å². The van der Waals surface area contributed by atoms with Crippen LogP contribution in [0.15, 0.2) is 82.9 Å². The molecule has 1 aliphatic rings. The fraction of sp³-hybridized carbons (Fsp3) is 0.120. The fourth-order valence-electron chi connectivity index (χ4n) is 4.09. The summed E-state index contributed by atoms with van der Waals surface area (Å²) in [5, 5.41) is 11.8. The number of aliphatic hydroxyl groups is 1. The molecule has 0 saturated carbocycles. The summed E-state index contributed by atoms with van der Waals surface area (Å²) in [6.07, 6.45) is 4.73. The van der Waals surface area contributed by atoms with Gasteiger partial charge in [-0.1, -0.05) is 17.7 Å². The Bertz CT molecular complexity index is 1430. The van der Waals surface area contributed by atoms with E-state index in [-0.39, 0.29) is 17.9 Å². The minimum absolute atomic E-state index is 0.0522. The molecule has 34 heavy (non-hydrogen) atoms. The van der Waals surface area contributed by atoms with Gasteiger partial charge in [0.15, 0.2) is 22.9 Å².